The molecule has 0 saturated heterocycles. The number of hydrogen-bond acceptors (Lipinski definition) is 3. The van der Waals surface area contributed by atoms with Gasteiger partial charge in [-0.1, -0.05) is 12.8 Å². The number of hydrogen-bond donors (Lipinski definition) is 0. The fourth-order valence-electron chi connectivity index (χ4n) is 3.77. The molecule has 1 aliphatic carbocycles. The first-order valence-electron chi connectivity index (χ1n) is 8.31. The summed E-state index contributed by atoms with van der Waals surface area (Å²) in [7, 11) is 0. The summed E-state index contributed by atoms with van der Waals surface area (Å²) >= 11 is 0. The van der Waals surface area contributed by atoms with E-state index in [1.54, 1.807) is 6.20 Å². The van der Waals surface area contributed by atoms with Gasteiger partial charge >= 0.3 is 0 Å². The van der Waals surface area contributed by atoms with Gasteiger partial charge < -0.3 is 4.90 Å². The molecule has 0 N–H and O–H groups in total. The normalized spacial score (nSPS) is 18.6. The molecule has 0 aromatic carbocycles. The standard InChI is InChI=1S/C18H21N3O/c22-17(10-13-4-1-2-5-13)21-9-7-16-15(12-21)11-14-6-3-8-19-18(14)20-16/h3,6,8,11,13H,1-2,4-5,7,9-10,12H2. The molecular formula is C18H21N3O. The number of nitrogens with zero attached hydrogens (tertiary/aromatic N) is 3. The number of pyridine rings is 2. The second-order valence-electron chi connectivity index (χ2n) is 6.56. The van der Waals surface area contributed by atoms with Gasteiger partial charge in [0, 0.05) is 43.2 Å². The summed E-state index contributed by atoms with van der Waals surface area (Å²) in [4.78, 5) is 23.5. The van der Waals surface area contributed by atoms with E-state index in [9.17, 15) is 4.79 Å². The predicted octanol–water partition coefficient (Wildman–Crippen LogP) is 3.09. The molecule has 0 bridgehead atoms. The molecule has 0 atom stereocenters. The van der Waals surface area contributed by atoms with Crippen LogP contribution in [0.4, 0.5) is 0 Å². The van der Waals surface area contributed by atoms with Crippen LogP contribution in [0.3, 0.4) is 0 Å². The SMILES string of the molecule is O=C(CC1CCCC1)N1CCc2nc3ncccc3cc2C1. The van der Waals surface area contributed by atoms with Crippen molar-refractivity contribution in [1.82, 2.24) is 14.9 Å². The smallest absolute Gasteiger partial charge is 0.223 e. The first-order chi connectivity index (χ1) is 10.8. The Kier molecular flexibility index (Phi) is 3.53. The van der Waals surface area contributed by atoms with Gasteiger partial charge in [-0.25, -0.2) is 9.97 Å². The predicted molar refractivity (Wildman–Crippen MR) is 85.2 cm³/mol. The van der Waals surface area contributed by atoms with E-state index in [2.05, 4.69) is 16.0 Å². The second-order valence-corrected chi connectivity index (χ2v) is 6.56. The summed E-state index contributed by atoms with van der Waals surface area (Å²) < 4.78 is 0. The van der Waals surface area contributed by atoms with Crippen LogP contribution in [-0.2, 0) is 17.8 Å². The monoisotopic (exact) mass is 295 g/mol. The summed E-state index contributed by atoms with van der Waals surface area (Å²) in [5, 5.41) is 1.06. The molecule has 3 heterocycles. The highest BCUT2D eigenvalue weighted by molar-refractivity contribution is 5.78. The van der Waals surface area contributed by atoms with Crippen molar-refractivity contribution in [3.8, 4) is 0 Å². The average molecular weight is 295 g/mol. The Bertz CT molecular complexity index is 707. The summed E-state index contributed by atoms with van der Waals surface area (Å²) in [5.74, 6) is 0.941. The van der Waals surface area contributed by atoms with Crippen molar-refractivity contribution in [1.29, 1.82) is 0 Å². The largest absolute Gasteiger partial charge is 0.338 e. The number of fused-ring (bicyclic) bond motifs is 2. The zero-order valence-corrected chi connectivity index (χ0v) is 12.8. The third-order valence-corrected chi connectivity index (χ3v) is 5.03. The maximum Gasteiger partial charge on any atom is 0.223 e. The maximum absolute atomic E-state index is 12.5. The lowest BCUT2D eigenvalue weighted by Crippen LogP contribution is -2.37. The first kappa shape index (κ1) is 13.7. The van der Waals surface area contributed by atoms with Crippen LogP contribution in [0, 0.1) is 5.92 Å². The van der Waals surface area contributed by atoms with Crippen LogP contribution in [0.15, 0.2) is 24.4 Å². The molecule has 1 saturated carbocycles. The third-order valence-electron chi connectivity index (χ3n) is 5.03. The number of carbonyl (C=O) groups is 1. The van der Waals surface area contributed by atoms with Gasteiger partial charge in [-0.2, -0.15) is 0 Å². The van der Waals surface area contributed by atoms with Gasteiger partial charge in [-0.3, -0.25) is 4.79 Å². The van der Waals surface area contributed by atoms with Gasteiger partial charge in [0.15, 0.2) is 5.65 Å². The van der Waals surface area contributed by atoms with E-state index in [1.165, 1.54) is 31.2 Å². The Morgan fingerprint density at radius 3 is 3.05 bits per heavy atom. The lowest BCUT2D eigenvalue weighted by atomic mass is 10.0. The fraction of sp³-hybridized carbons (Fsp3) is 0.500. The van der Waals surface area contributed by atoms with Gasteiger partial charge in [-0.05, 0) is 42.5 Å². The van der Waals surface area contributed by atoms with Crippen LogP contribution in [-0.4, -0.2) is 27.3 Å². The molecule has 1 aliphatic heterocycles. The van der Waals surface area contributed by atoms with Crippen LogP contribution >= 0.6 is 0 Å². The van der Waals surface area contributed by atoms with Crippen LogP contribution < -0.4 is 0 Å². The molecule has 1 fully saturated rings. The van der Waals surface area contributed by atoms with E-state index >= 15 is 0 Å². The van der Waals surface area contributed by atoms with E-state index in [1.807, 2.05) is 17.0 Å². The molecule has 0 spiro atoms. The molecule has 1 amide bonds. The van der Waals surface area contributed by atoms with Crippen LogP contribution in [0.1, 0.15) is 43.4 Å². The van der Waals surface area contributed by atoms with Crippen molar-refractivity contribution >= 4 is 16.9 Å². The molecule has 0 unspecified atom stereocenters. The summed E-state index contributed by atoms with van der Waals surface area (Å²) in [5.41, 5.74) is 3.11. The average Bonchev–Trinajstić information content (AvgIpc) is 3.05. The number of amides is 1. The van der Waals surface area contributed by atoms with E-state index in [4.69, 9.17) is 0 Å². The molecule has 4 nitrogen and oxygen atoms in total. The van der Waals surface area contributed by atoms with Crippen LogP contribution in [0.2, 0.25) is 0 Å². The first-order valence-corrected chi connectivity index (χ1v) is 8.31. The number of carbonyl (C=O) groups excluding carboxylic acids is 1. The maximum atomic E-state index is 12.5. The van der Waals surface area contributed by atoms with Gasteiger partial charge in [0.2, 0.25) is 5.91 Å². The molecule has 22 heavy (non-hydrogen) atoms. The van der Waals surface area contributed by atoms with Gasteiger partial charge in [0.05, 0.1) is 0 Å². The molecule has 4 rings (SSSR count). The highest BCUT2D eigenvalue weighted by atomic mass is 16.2. The Morgan fingerprint density at radius 1 is 1.32 bits per heavy atom. The highest BCUT2D eigenvalue weighted by Gasteiger charge is 2.25. The quantitative estimate of drug-likeness (QED) is 0.855. The third kappa shape index (κ3) is 2.58. The minimum atomic E-state index is 0.323. The number of aromatic nitrogens is 2. The highest BCUT2D eigenvalue weighted by Crippen LogP contribution is 2.29. The second kappa shape index (κ2) is 5.67. The Balaban J connectivity index is 1.52. The van der Waals surface area contributed by atoms with E-state index in [-0.39, 0.29) is 0 Å². The van der Waals surface area contributed by atoms with Crippen molar-refractivity contribution in [3.63, 3.8) is 0 Å². The molecule has 4 heteroatoms. The van der Waals surface area contributed by atoms with Crippen molar-refractivity contribution in [2.45, 2.75) is 45.1 Å². The van der Waals surface area contributed by atoms with Crippen molar-refractivity contribution in [3.05, 3.63) is 35.7 Å². The molecule has 2 aromatic rings. The van der Waals surface area contributed by atoms with Crippen molar-refractivity contribution in [2.24, 2.45) is 5.92 Å². The fourth-order valence-corrected chi connectivity index (χ4v) is 3.77. The number of rotatable bonds is 2. The minimum Gasteiger partial charge on any atom is -0.338 e. The van der Waals surface area contributed by atoms with Gasteiger partial charge in [-0.15, -0.1) is 0 Å². The Morgan fingerprint density at radius 2 is 2.18 bits per heavy atom. The van der Waals surface area contributed by atoms with Crippen LogP contribution in [0.25, 0.3) is 11.0 Å². The summed E-state index contributed by atoms with van der Waals surface area (Å²) in [6.07, 6.45) is 8.41. The molecule has 114 valence electrons. The zero-order chi connectivity index (χ0) is 14.9. The lowest BCUT2D eigenvalue weighted by Gasteiger charge is -2.29. The van der Waals surface area contributed by atoms with Gasteiger partial charge in [0.1, 0.15) is 0 Å². The Labute approximate surface area is 130 Å². The zero-order valence-electron chi connectivity index (χ0n) is 12.8. The van der Waals surface area contributed by atoms with E-state index in [0.29, 0.717) is 18.4 Å². The molecule has 2 aliphatic rings. The minimum absolute atomic E-state index is 0.323. The van der Waals surface area contributed by atoms with Crippen LogP contribution in [0.5, 0.6) is 0 Å². The Hall–Kier alpha value is -1.97. The molecular weight excluding hydrogens is 274 g/mol. The summed E-state index contributed by atoms with van der Waals surface area (Å²) in [6, 6.07) is 6.12. The van der Waals surface area contributed by atoms with Gasteiger partial charge in [0.25, 0.3) is 0 Å². The van der Waals surface area contributed by atoms with Crippen molar-refractivity contribution in [2.75, 3.05) is 6.54 Å². The van der Waals surface area contributed by atoms with E-state index in [0.717, 1.165) is 36.1 Å². The lowest BCUT2D eigenvalue weighted by molar-refractivity contribution is -0.133. The van der Waals surface area contributed by atoms with E-state index < -0.39 is 0 Å². The van der Waals surface area contributed by atoms with Crippen molar-refractivity contribution < 1.29 is 4.79 Å². The molecule has 2 aromatic heterocycles. The summed E-state index contributed by atoms with van der Waals surface area (Å²) in [6.45, 7) is 1.50. The topological polar surface area (TPSA) is 46.1 Å². The molecule has 0 radical (unpaired) electrons.